The van der Waals surface area contributed by atoms with Crippen LogP contribution in [0.2, 0.25) is 0 Å². The lowest BCUT2D eigenvalue weighted by Crippen LogP contribution is -1.96. The van der Waals surface area contributed by atoms with Gasteiger partial charge in [0, 0.05) is 0 Å². The zero-order chi connectivity index (χ0) is 17.6. The predicted octanol–water partition coefficient (Wildman–Crippen LogP) is 4.55. The standard InChI is InChI=1S/C21H24O4/c1-15(2)10-11-23-18-8-6-16(7-9-18)4-5-17-12-19(22-3)21-20(13-17)24-14-25-21/h6-10,12-13H,4-5,11,14H2,1-3H3. The molecule has 0 fully saturated rings. The molecule has 2 aromatic rings. The predicted molar refractivity (Wildman–Crippen MR) is 97.9 cm³/mol. The Morgan fingerprint density at radius 2 is 1.80 bits per heavy atom. The number of methoxy groups -OCH3 is 1. The second kappa shape index (κ2) is 7.97. The molecule has 0 saturated heterocycles. The maximum atomic E-state index is 5.69. The van der Waals surface area contributed by atoms with Crippen LogP contribution in [0.4, 0.5) is 0 Å². The van der Waals surface area contributed by atoms with Crippen molar-refractivity contribution < 1.29 is 18.9 Å². The Labute approximate surface area is 149 Å². The van der Waals surface area contributed by atoms with Gasteiger partial charge in [-0.25, -0.2) is 0 Å². The summed E-state index contributed by atoms with van der Waals surface area (Å²) in [6.45, 7) is 5.00. The summed E-state index contributed by atoms with van der Waals surface area (Å²) in [7, 11) is 1.65. The molecule has 1 aliphatic heterocycles. The number of aryl methyl sites for hydroxylation is 2. The molecular weight excluding hydrogens is 316 g/mol. The van der Waals surface area contributed by atoms with E-state index in [0.29, 0.717) is 12.4 Å². The number of rotatable bonds is 7. The summed E-state index contributed by atoms with van der Waals surface area (Å²) >= 11 is 0. The van der Waals surface area contributed by atoms with Crippen LogP contribution in [-0.2, 0) is 12.8 Å². The quantitative estimate of drug-likeness (QED) is 0.693. The number of ether oxygens (including phenoxy) is 4. The average Bonchev–Trinajstić information content (AvgIpc) is 3.08. The molecule has 0 N–H and O–H groups in total. The Morgan fingerprint density at radius 1 is 1.04 bits per heavy atom. The molecule has 4 heteroatoms. The topological polar surface area (TPSA) is 36.9 Å². The SMILES string of the molecule is COc1cc(CCc2ccc(OCC=C(C)C)cc2)cc2c1OCO2. The Morgan fingerprint density at radius 3 is 2.52 bits per heavy atom. The Balaban J connectivity index is 1.59. The van der Waals surface area contributed by atoms with Crippen LogP contribution in [0.25, 0.3) is 0 Å². The van der Waals surface area contributed by atoms with E-state index in [4.69, 9.17) is 18.9 Å². The maximum Gasteiger partial charge on any atom is 0.231 e. The molecule has 0 aliphatic carbocycles. The number of benzene rings is 2. The van der Waals surface area contributed by atoms with E-state index in [9.17, 15) is 0 Å². The van der Waals surface area contributed by atoms with Crippen molar-refractivity contribution in [2.24, 2.45) is 0 Å². The third kappa shape index (κ3) is 4.47. The summed E-state index contributed by atoms with van der Waals surface area (Å²) in [5.74, 6) is 3.08. The first-order chi connectivity index (χ1) is 12.2. The lowest BCUT2D eigenvalue weighted by Gasteiger charge is -2.09. The summed E-state index contributed by atoms with van der Waals surface area (Å²) in [5, 5.41) is 0. The van der Waals surface area contributed by atoms with Crippen LogP contribution in [0.5, 0.6) is 23.0 Å². The van der Waals surface area contributed by atoms with Gasteiger partial charge in [-0.1, -0.05) is 17.7 Å². The highest BCUT2D eigenvalue weighted by atomic mass is 16.7. The molecule has 132 valence electrons. The molecular formula is C21H24O4. The maximum absolute atomic E-state index is 5.69. The lowest BCUT2D eigenvalue weighted by atomic mass is 10.0. The highest BCUT2D eigenvalue weighted by Crippen LogP contribution is 2.42. The lowest BCUT2D eigenvalue weighted by molar-refractivity contribution is 0.171. The van der Waals surface area contributed by atoms with E-state index < -0.39 is 0 Å². The third-order valence-electron chi connectivity index (χ3n) is 4.09. The number of hydrogen-bond donors (Lipinski definition) is 0. The fourth-order valence-corrected chi connectivity index (χ4v) is 2.67. The fraction of sp³-hybridized carbons (Fsp3) is 0.333. The second-order valence-electron chi connectivity index (χ2n) is 6.27. The summed E-state index contributed by atoms with van der Waals surface area (Å²) in [5.41, 5.74) is 3.70. The van der Waals surface area contributed by atoms with Gasteiger partial charge in [-0.15, -0.1) is 0 Å². The van der Waals surface area contributed by atoms with Crippen LogP contribution < -0.4 is 18.9 Å². The van der Waals surface area contributed by atoms with E-state index in [1.54, 1.807) is 7.11 Å². The third-order valence-corrected chi connectivity index (χ3v) is 4.09. The smallest absolute Gasteiger partial charge is 0.231 e. The molecule has 0 aromatic heterocycles. The van der Waals surface area contributed by atoms with E-state index in [-0.39, 0.29) is 6.79 Å². The highest BCUT2D eigenvalue weighted by molar-refractivity contribution is 5.55. The number of allylic oxidation sites excluding steroid dienone is 1. The summed E-state index contributed by atoms with van der Waals surface area (Å²) in [6, 6.07) is 12.3. The first kappa shape index (κ1) is 17.2. The molecule has 25 heavy (non-hydrogen) atoms. The van der Waals surface area contributed by atoms with E-state index in [1.165, 1.54) is 16.7 Å². The molecule has 0 bridgehead atoms. The largest absolute Gasteiger partial charge is 0.493 e. The molecule has 0 amide bonds. The highest BCUT2D eigenvalue weighted by Gasteiger charge is 2.19. The van der Waals surface area contributed by atoms with Gasteiger partial charge in [0.25, 0.3) is 0 Å². The van der Waals surface area contributed by atoms with E-state index in [1.807, 2.05) is 24.3 Å². The molecule has 0 atom stereocenters. The van der Waals surface area contributed by atoms with Crippen LogP contribution >= 0.6 is 0 Å². The van der Waals surface area contributed by atoms with E-state index in [2.05, 4.69) is 32.1 Å². The van der Waals surface area contributed by atoms with Gasteiger partial charge < -0.3 is 18.9 Å². The minimum Gasteiger partial charge on any atom is -0.493 e. The first-order valence-electron chi connectivity index (χ1n) is 8.47. The van der Waals surface area contributed by atoms with Crippen molar-refractivity contribution in [1.29, 1.82) is 0 Å². The van der Waals surface area contributed by atoms with Crippen molar-refractivity contribution in [2.45, 2.75) is 26.7 Å². The van der Waals surface area contributed by atoms with Gasteiger partial charge in [-0.3, -0.25) is 0 Å². The van der Waals surface area contributed by atoms with Crippen molar-refractivity contribution in [1.82, 2.24) is 0 Å². The number of fused-ring (bicyclic) bond motifs is 1. The summed E-state index contributed by atoms with van der Waals surface area (Å²) < 4.78 is 22.0. The van der Waals surface area contributed by atoms with Crippen molar-refractivity contribution in [3.8, 4) is 23.0 Å². The summed E-state index contributed by atoms with van der Waals surface area (Å²) in [4.78, 5) is 0. The average molecular weight is 340 g/mol. The van der Waals surface area contributed by atoms with Crippen molar-refractivity contribution >= 4 is 0 Å². The van der Waals surface area contributed by atoms with Gasteiger partial charge in [0.05, 0.1) is 7.11 Å². The van der Waals surface area contributed by atoms with Gasteiger partial charge in [-0.2, -0.15) is 0 Å². The fourth-order valence-electron chi connectivity index (χ4n) is 2.67. The zero-order valence-corrected chi connectivity index (χ0v) is 15.0. The van der Waals surface area contributed by atoms with Crippen LogP contribution in [0.3, 0.4) is 0 Å². The molecule has 2 aromatic carbocycles. The summed E-state index contributed by atoms with van der Waals surface area (Å²) in [6.07, 6.45) is 3.92. The van der Waals surface area contributed by atoms with Crippen LogP contribution in [0.1, 0.15) is 25.0 Å². The Hall–Kier alpha value is -2.62. The van der Waals surface area contributed by atoms with Crippen LogP contribution in [0.15, 0.2) is 48.0 Å². The van der Waals surface area contributed by atoms with Crippen LogP contribution in [-0.4, -0.2) is 20.5 Å². The van der Waals surface area contributed by atoms with Crippen molar-refractivity contribution in [2.75, 3.05) is 20.5 Å². The van der Waals surface area contributed by atoms with Gasteiger partial charge >= 0.3 is 0 Å². The minimum atomic E-state index is 0.253. The monoisotopic (exact) mass is 340 g/mol. The van der Waals surface area contributed by atoms with Crippen LogP contribution in [0, 0.1) is 0 Å². The second-order valence-corrected chi connectivity index (χ2v) is 6.27. The van der Waals surface area contributed by atoms with Crippen molar-refractivity contribution in [3.63, 3.8) is 0 Å². The van der Waals surface area contributed by atoms with Gasteiger partial charge in [0.2, 0.25) is 12.5 Å². The Bertz CT molecular complexity index is 743. The molecule has 0 spiro atoms. The zero-order valence-electron chi connectivity index (χ0n) is 15.0. The Kier molecular flexibility index (Phi) is 5.49. The molecule has 1 aliphatic rings. The van der Waals surface area contributed by atoms with Gasteiger partial charge in [-0.05, 0) is 68.2 Å². The molecule has 4 nitrogen and oxygen atoms in total. The minimum absolute atomic E-state index is 0.253. The van der Waals surface area contributed by atoms with Crippen molar-refractivity contribution in [3.05, 3.63) is 59.2 Å². The van der Waals surface area contributed by atoms with E-state index in [0.717, 1.165) is 30.1 Å². The van der Waals surface area contributed by atoms with Gasteiger partial charge in [0.1, 0.15) is 12.4 Å². The number of hydrogen-bond acceptors (Lipinski definition) is 4. The molecule has 1 heterocycles. The van der Waals surface area contributed by atoms with E-state index >= 15 is 0 Å². The molecule has 0 radical (unpaired) electrons. The molecule has 3 rings (SSSR count). The normalized spacial score (nSPS) is 12.0. The first-order valence-corrected chi connectivity index (χ1v) is 8.47. The van der Waals surface area contributed by atoms with Gasteiger partial charge in [0.15, 0.2) is 11.5 Å². The molecule has 0 unspecified atom stereocenters. The molecule has 0 saturated carbocycles.